The van der Waals surface area contributed by atoms with Gasteiger partial charge in [-0.25, -0.2) is 0 Å². The second kappa shape index (κ2) is 7.78. The predicted octanol–water partition coefficient (Wildman–Crippen LogP) is 3.03. The maximum absolute atomic E-state index is 11.0. The fraction of sp³-hybridized carbons (Fsp3) is 0.562. The Labute approximate surface area is 131 Å². The van der Waals surface area contributed by atoms with Crippen molar-refractivity contribution in [3.63, 3.8) is 0 Å². The lowest BCUT2D eigenvalue weighted by atomic mass is 10.2. The van der Waals surface area contributed by atoms with Gasteiger partial charge in [0.15, 0.2) is 6.29 Å². The van der Waals surface area contributed by atoms with Gasteiger partial charge in [0, 0.05) is 24.7 Å². The number of rotatable bonds is 6. The highest BCUT2D eigenvalue weighted by Crippen LogP contribution is 2.21. The molecule has 0 amide bonds. The SMILES string of the molecule is CC1CN(CCCOc2ccc(Cl)cc2C=O)CC(C)O1. The van der Waals surface area contributed by atoms with Crippen molar-refractivity contribution in [3.8, 4) is 5.75 Å². The van der Waals surface area contributed by atoms with Gasteiger partial charge in [-0.15, -0.1) is 0 Å². The maximum Gasteiger partial charge on any atom is 0.153 e. The molecule has 0 N–H and O–H groups in total. The van der Waals surface area contributed by atoms with E-state index in [9.17, 15) is 4.79 Å². The summed E-state index contributed by atoms with van der Waals surface area (Å²) in [7, 11) is 0. The maximum atomic E-state index is 11.0. The zero-order chi connectivity index (χ0) is 15.2. The van der Waals surface area contributed by atoms with Crippen molar-refractivity contribution in [2.45, 2.75) is 32.5 Å². The van der Waals surface area contributed by atoms with Gasteiger partial charge in [-0.3, -0.25) is 9.69 Å². The molecule has 0 saturated carbocycles. The van der Waals surface area contributed by atoms with Gasteiger partial charge in [-0.1, -0.05) is 11.6 Å². The highest BCUT2D eigenvalue weighted by molar-refractivity contribution is 6.30. The van der Waals surface area contributed by atoms with Gasteiger partial charge >= 0.3 is 0 Å². The van der Waals surface area contributed by atoms with Crippen LogP contribution < -0.4 is 4.74 Å². The summed E-state index contributed by atoms with van der Waals surface area (Å²) in [4.78, 5) is 13.4. The molecule has 0 radical (unpaired) electrons. The Bertz CT molecular complexity index is 471. The highest BCUT2D eigenvalue weighted by atomic mass is 35.5. The molecular weight excluding hydrogens is 290 g/mol. The number of nitrogens with zero attached hydrogens (tertiary/aromatic N) is 1. The van der Waals surface area contributed by atoms with E-state index in [4.69, 9.17) is 21.1 Å². The first-order valence-electron chi connectivity index (χ1n) is 7.34. The third kappa shape index (κ3) is 4.99. The Hall–Kier alpha value is -1.10. The summed E-state index contributed by atoms with van der Waals surface area (Å²) < 4.78 is 11.4. The molecule has 0 aromatic heterocycles. The van der Waals surface area contributed by atoms with E-state index in [-0.39, 0.29) is 12.2 Å². The number of benzene rings is 1. The van der Waals surface area contributed by atoms with E-state index >= 15 is 0 Å². The van der Waals surface area contributed by atoms with E-state index in [0.717, 1.165) is 32.3 Å². The molecular formula is C16H22ClNO3. The van der Waals surface area contributed by atoms with Crippen LogP contribution in [0.15, 0.2) is 18.2 Å². The fourth-order valence-electron chi connectivity index (χ4n) is 2.68. The Morgan fingerprint density at radius 1 is 1.38 bits per heavy atom. The highest BCUT2D eigenvalue weighted by Gasteiger charge is 2.21. The van der Waals surface area contributed by atoms with Crippen LogP contribution in [0.4, 0.5) is 0 Å². The smallest absolute Gasteiger partial charge is 0.153 e. The van der Waals surface area contributed by atoms with E-state index < -0.39 is 0 Å². The largest absolute Gasteiger partial charge is 0.493 e. The van der Waals surface area contributed by atoms with Crippen LogP contribution in [-0.4, -0.2) is 49.6 Å². The summed E-state index contributed by atoms with van der Waals surface area (Å²) in [6.45, 7) is 7.69. The molecule has 2 rings (SSSR count). The summed E-state index contributed by atoms with van der Waals surface area (Å²) in [5, 5.41) is 0.542. The topological polar surface area (TPSA) is 38.8 Å². The van der Waals surface area contributed by atoms with Gasteiger partial charge in [0.25, 0.3) is 0 Å². The van der Waals surface area contributed by atoms with E-state index in [1.54, 1.807) is 18.2 Å². The number of carbonyl (C=O) groups excluding carboxylic acids is 1. The molecule has 0 spiro atoms. The van der Waals surface area contributed by atoms with Crippen LogP contribution in [0.3, 0.4) is 0 Å². The van der Waals surface area contributed by atoms with Crippen molar-refractivity contribution in [1.29, 1.82) is 0 Å². The van der Waals surface area contributed by atoms with Crippen molar-refractivity contribution < 1.29 is 14.3 Å². The number of carbonyl (C=O) groups is 1. The molecule has 1 aliphatic heterocycles. The first-order chi connectivity index (χ1) is 10.1. The van der Waals surface area contributed by atoms with Crippen LogP contribution in [0.5, 0.6) is 5.75 Å². The predicted molar refractivity (Wildman–Crippen MR) is 83.4 cm³/mol. The molecule has 116 valence electrons. The lowest BCUT2D eigenvalue weighted by molar-refractivity contribution is -0.0686. The molecule has 1 fully saturated rings. The molecule has 1 aromatic rings. The summed E-state index contributed by atoms with van der Waals surface area (Å²) in [5.74, 6) is 0.595. The van der Waals surface area contributed by atoms with Crippen molar-refractivity contribution >= 4 is 17.9 Å². The zero-order valence-electron chi connectivity index (χ0n) is 12.5. The summed E-state index contributed by atoms with van der Waals surface area (Å²) in [5.41, 5.74) is 0.496. The number of hydrogen-bond acceptors (Lipinski definition) is 4. The third-order valence-corrected chi connectivity index (χ3v) is 3.71. The van der Waals surface area contributed by atoms with Crippen LogP contribution in [0.25, 0.3) is 0 Å². The Balaban J connectivity index is 1.76. The molecule has 4 nitrogen and oxygen atoms in total. The minimum atomic E-state index is 0.285. The molecule has 0 aliphatic carbocycles. The van der Waals surface area contributed by atoms with Gasteiger partial charge in [0.1, 0.15) is 5.75 Å². The van der Waals surface area contributed by atoms with Crippen LogP contribution in [0.1, 0.15) is 30.6 Å². The van der Waals surface area contributed by atoms with Gasteiger partial charge in [0.2, 0.25) is 0 Å². The molecule has 0 bridgehead atoms. The van der Waals surface area contributed by atoms with Crippen LogP contribution >= 0.6 is 11.6 Å². The molecule has 1 saturated heterocycles. The lowest BCUT2D eigenvalue weighted by Crippen LogP contribution is -2.45. The van der Waals surface area contributed by atoms with Crippen molar-refractivity contribution in [2.24, 2.45) is 0 Å². The van der Waals surface area contributed by atoms with Crippen molar-refractivity contribution in [1.82, 2.24) is 4.90 Å². The van der Waals surface area contributed by atoms with E-state index in [2.05, 4.69) is 18.7 Å². The minimum absolute atomic E-state index is 0.285. The number of morpholine rings is 1. The normalized spacial score (nSPS) is 23.0. The van der Waals surface area contributed by atoms with Crippen LogP contribution in [0.2, 0.25) is 5.02 Å². The standard InChI is InChI=1S/C16H22ClNO3/c1-12-9-18(10-13(2)21-12)6-3-7-20-16-5-4-15(17)8-14(16)11-19/h4-5,8,11-13H,3,6-7,9-10H2,1-2H3. The molecule has 1 heterocycles. The second-order valence-electron chi connectivity index (χ2n) is 5.52. The van der Waals surface area contributed by atoms with Crippen molar-refractivity contribution in [3.05, 3.63) is 28.8 Å². The quantitative estimate of drug-likeness (QED) is 0.598. The Kier molecular flexibility index (Phi) is 6.03. The molecule has 5 heteroatoms. The first kappa shape index (κ1) is 16.3. The Morgan fingerprint density at radius 3 is 2.76 bits per heavy atom. The van der Waals surface area contributed by atoms with Gasteiger partial charge in [-0.2, -0.15) is 0 Å². The van der Waals surface area contributed by atoms with Crippen LogP contribution in [0, 0.1) is 0 Å². The average Bonchev–Trinajstić information content (AvgIpc) is 2.43. The van der Waals surface area contributed by atoms with Crippen LogP contribution in [-0.2, 0) is 4.74 Å². The third-order valence-electron chi connectivity index (χ3n) is 3.47. The van der Waals surface area contributed by atoms with Crippen molar-refractivity contribution in [2.75, 3.05) is 26.2 Å². The van der Waals surface area contributed by atoms with Gasteiger partial charge in [-0.05, 0) is 38.5 Å². The number of halogens is 1. The van der Waals surface area contributed by atoms with E-state index in [1.807, 2.05) is 0 Å². The summed E-state index contributed by atoms with van der Waals surface area (Å²) >= 11 is 5.85. The second-order valence-corrected chi connectivity index (χ2v) is 5.96. The summed E-state index contributed by atoms with van der Waals surface area (Å²) in [6.07, 6.45) is 2.26. The molecule has 1 aromatic carbocycles. The molecule has 21 heavy (non-hydrogen) atoms. The fourth-order valence-corrected chi connectivity index (χ4v) is 2.86. The minimum Gasteiger partial charge on any atom is -0.493 e. The van der Waals surface area contributed by atoms with E-state index in [0.29, 0.717) is 22.9 Å². The van der Waals surface area contributed by atoms with E-state index in [1.165, 1.54) is 0 Å². The first-order valence-corrected chi connectivity index (χ1v) is 7.71. The molecule has 1 aliphatic rings. The Morgan fingerprint density at radius 2 is 2.10 bits per heavy atom. The number of aldehydes is 1. The van der Waals surface area contributed by atoms with Gasteiger partial charge in [0.05, 0.1) is 24.4 Å². The monoisotopic (exact) mass is 311 g/mol. The lowest BCUT2D eigenvalue weighted by Gasteiger charge is -2.35. The zero-order valence-corrected chi connectivity index (χ0v) is 13.3. The summed E-state index contributed by atoms with van der Waals surface area (Å²) in [6, 6.07) is 5.09. The number of ether oxygens (including phenoxy) is 2. The average molecular weight is 312 g/mol. The van der Waals surface area contributed by atoms with Gasteiger partial charge < -0.3 is 9.47 Å². The molecule has 2 atom stereocenters. The number of hydrogen-bond donors (Lipinski definition) is 0. The molecule has 2 unspecified atom stereocenters.